The molecular weight excluding hydrogens is 642 g/mol. The first-order valence-corrected chi connectivity index (χ1v) is 16.1. The SMILES string of the molecule is O=C(Nc1ccccc1)c1nn(-c2ccccc2)/c(=N/NC(=O)c2c(-c3ccc(Cl)cc3)c(-c3ccccc3)nn2-c2ccccc2)s1. The van der Waals surface area contributed by atoms with Crippen LogP contribution < -0.4 is 15.5 Å². The van der Waals surface area contributed by atoms with Crippen LogP contribution in [0.4, 0.5) is 5.69 Å². The Morgan fingerprint density at radius 1 is 0.625 bits per heavy atom. The van der Waals surface area contributed by atoms with Crippen molar-refractivity contribution in [2.45, 2.75) is 0 Å². The first-order valence-electron chi connectivity index (χ1n) is 14.9. The van der Waals surface area contributed by atoms with Gasteiger partial charge in [0.2, 0.25) is 9.81 Å². The Kier molecular flexibility index (Phi) is 8.73. The number of amides is 2. The lowest BCUT2D eigenvalue weighted by Crippen LogP contribution is -2.26. The summed E-state index contributed by atoms with van der Waals surface area (Å²) in [5.41, 5.74) is 7.81. The van der Waals surface area contributed by atoms with Gasteiger partial charge >= 0.3 is 0 Å². The number of nitrogens with one attached hydrogen (secondary N) is 2. The Bertz CT molecular complexity index is 2270. The zero-order valence-electron chi connectivity index (χ0n) is 25.2. The average Bonchev–Trinajstić information content (AvgIpc) is 3.76. The molecule has 0 aliphatic heterocycles. The quantitative estimate of drug-likeness (QED) is 0.163. The van der Waals surface area contributed by atoms with Crippen molar-refractivity contribution in [3.8, 4) is 33.8 Å². The zero-order chi connectivity index (χ0) is 32.9. The molecule has 0 saturated heterocycles. The number of rotatable bonds is 8. The molecule has 0 unspecified atom stereocenters. The fourth-order valence-electron chi connectivity index (χ4n) is 5.11. The topological polar surface area (TPSA) is 106 Å². The van der Waals surface area contributed by atoms with E-state index in [4.69, 9.17) is 16.7 Å². The van der Waals surface area contributed by atoms with Crippen molar-refractivity contribution in [2.24, 2.45) is 5.10 Å². The number of hydrogen-bond donors (Lipinski definition) is 2. The van der Waals surface area contributed by atoms with E-state index in [2.05, 4.69) is 20.9 Å². The molecule has 2 N–H and O–H groups in total. The number of benzene rings is 5. The molecule has 234 valence electrons. The summed E-state index contributed by atoms with van der Waals surface area (Å²) in [6.45, 7) is 0. The molecule has 7 aromatic rings. The third kappa shape index (κ3) is 6.43. The van der Waals surface area contributed by atoms with E-state index in [1.165, 1.54) is 4.68 Å². The maximum Gasteiger partial charge on any atom is 0.290 e. The number of anilines is 1. The second-order valence-electron chi connectivity index (χ2n) is 10.5. The molecule has 0 atom stereocenters. The fraction of sp³-hybridized carbons (Fsp3) is 0. The van der Waals surface area contributed by atoms with Crippen molar-refractivity contribution in [3.63, 3.8) is 0 Å². The number of nitrogens with zero attached hydrogens (tertiary/aromatic N) is 5. The fourth-order valence-corrected chi connectivity index (χ4v) is 6.00. The van der Waals surface area contributed by atoms with Crippen molar-refractivity contribution < 1.29 is 9.59 Å². The number of para-hydroxylation sites is 3. The molecule has 0 aliphatic rings. The van der Waals surface area contributed by atoms with Crippen LogP contribution >= 0.6 is 22.9 Å². The second kappa shape index (κ2) is 13.7. The minimum Gasteiger partial charge on any atom is -0.320 e. The van der Waals surface area contributed by atoms with Crippen LogP contribution in [0.5, 0.6) is 0 Å². The molecule has 9 nitrogen and oxygen atoms in total. The minimum absolute atomic E-state index is 0.165. The van der Waals surface area contributed by atoms with Crippen molar-refractivity contribution >= 4 is 40.4 Å². The molecule has 2 aromatic heterocycles. The summed E-state index contributed by atoms with van der Waals surface area (Å²) in [7, 11) is 0. The Hall–Kier alpha value is -6.10. The van der Waals surface area contributed by atoms with E-state index < -0.39 is 11.8 Å². The molecule has 2 amide bonds. The summed E-state index contributed by atoms with van der Waals surface area (Å²) < 4.78 is 3.14. The summed E-state index contributed by atoms with van der Waals surface area (Å²) >= 11 is 7.31. The summed E-state index contributed by atoms with van der Waals surface area (Å²) in [6, 6.07) is 44.8. The third-order valence-corrected chi connectivity index (χ3v) is 8.48. The maximum absolute atomic E-state index is 14.4. The van der Waals surface area contributed by atoms with Gasteiger partial charge < -0.3 is 5.32 Å². The predicted molar refractivity (Wildman–Crippen MR) is 188 cm³/mol. The molecule has 48 heavy (non-hydrogen) atoms. The predicted octanol–water partition coefficient (Wildman–Crippen LogP) is 7.60. The Balaban J connectivity index is 1.35. The molecule has 0 bridgehead atoms. The van der Waals surface area contributed by atoms with Gasteiger partial charge in [0.25, 0.3) is 11.8 Å². The van der Waals surface area contributed by atoms with Gasteiger partial charge in [0, 0.05) is 21.8 Å². The molecule has 11 heteroatoms. The first-order chi connectivity index (χ1) is 23.5. The molecule has 2 heterocycles. The highest BCUT2D eigenvalue weighted by Crippen LogP contribution is 2.36. The summed E-state index contributed by atoms with van der Waals surface area (Å²) in [4.78, 5) is 27.8. The minimum atomic E-state index is -0.512. The molecule has 0 spiro atoms. The van der Waals surface area contributed by atoms with Gasteiger partial charge in [-0.15, -0.1) is 10.2 Å². The van der Waals surface area contributed by atoms with Crippen LogP contribution in [0, 0.1) is 0 Å². The summed E-state index contributed by atoms with van der Waals surface area (Å²) in [5.74, 6) is -0.912. The average molecular weight is 668 g/mol. The normalized spacial score (nSPS) is 11.3. The smallest absolute Gasteiger partial charge is 0.290 e. The monoisotopic (exact) mass is 667 g/mol. The highest BCUT2D eigenvalue weighted by atomic mass is 35.5. The van der Waals surface area contributed by atoms with E-state index in [1.807, 2.05) is 121 Å². The lowest BCUT2D eigenvalue weighted by Gasteiger charge is -2.09. The number of carbonyl (C=O) groups excluding carboxylic acids is 2. The lowest BCUT2D eigenvalue weighted by atomic mass is 9.98. The maximum atomic E-state index is 14.4. The molecule has 0 fully saturated rings. The molecule has 0 saturated carbocycles. The van der Waals surface area contributed by atoms with Crippen LogP contribution in [0.25, 0.3) is 33.8 Å². The number of aromatic nitrogens is 4. The van der Waals surface area contributed by atoms with Gasteiger partial charge in [-0.3, -0.25) is 9.59 Å². The Labute approximate surface area is 284 Å². The van der Waals surface area contributed by atoms with Gasteiger partial charge in [0.15, 0.2) is 0 Å². The van der Waals surface area contributed by atoms with E-state index in [1.54, 1.807) is 28.9 Å². The van der Waals surface area contributed by atoms with Gasteiger partial charge in [-0.2, -0.15) is 5.10 Å². The first kappa shape index (κ1) is 30.5. The number of carbonyl (C=O) groups is 2. The van der Waals surface area contributed by atoms with Gasteiger partial charge in [-0.05, 0) is 54.1 Å². The van der Waals surface area contributed by atoms with Crippen molar-refractivity contribution in [1.82, 2.24) is 25.0 Å². The van der Waals surface area contributed by atoms with Gasteiger partial charge in [-0.1, -0.05) is 120 Å². The van der Waals surface area contributed by atoms with Crippen LogP contribution in [0.3, 0.4) is 0 Å². The number of halogens is 1. The Morgan fingerprint density at radius 3 is 1.81 bits per heavy atom. The molecule has 0 radical (unpaired) electrons. The standard InChI is InChI=1S/C37H26ClN7O2S/c38-27-23-21-25(22-24-27)31-32(26-13-5-1-6-14-26)42-44(29-17-9-3-10-18-29)33(31)34(46)40-41-37-45(30-19-11-4-12-20-30)43-36(48-37)35(47)39-28-15-7-2-8-16-28/h1-24H,(H,39,47)(H,40,46)/b41-37-. The Morgan fingerprint density at radius 2 is 1.19 bits per heavy atom. The van der Waals surface area contributed by atoms with E-state index in [0.29, 0.717) is 33.3 Å². The van der Waals surface area contributed by atoms with Crippen LogP contribution in [0.15, 0.2) is 151 Å². The van der Waals surface area contributed by atoms with Gasteiger partial charge in [0.1, 0.15) is 11.4 Å². The van der Waals surface area contributed by atoms with E-state index in [-0.39, 0.29) is 15.5 Å². The third-order valence-electron chi connectivity index (χ3n) is 7.32. The molecular formula is C37H26ClN7O2S. The summed E-state index contributed by atoms with van der Waals surface area (Å²) in [5, 5.41) is 17.6. The molecule has 7 rings (SSSR count). The van der Waals surface area contributed by atoms with Gasteiger partial charge in [0.05, 0.1) is 11.4 Å². The second-order valence-corrected chi connectivity index (χ2v) is 11.9. The van der Waals surface area contributed by atoms with Crippen LogP contribution in [0.2, 0.25) is 5.02 Å². The van der Waals surface area contributed by atoms with Gasteiger partial charge in [-0.25, -0.2) is 14.8 Å². The van der Waals surface area contributed by atoms with Crippen molar-refractivity contribution in [3.05, 3.63) is 166 Å². The molecule has 0 aliphatic carbocycles. The van der Waals surface area contributed by atoms with E-state index in [9.17, 15) is 9.59 Å². The van der Waals surface area contributed by atoms with Crippen LogP contribution in [-0.4, -0.2) is 31.4 Å². The highest BCUT2D eigenvalue weighted by molar-refractivity contribution is 7.11. The summed E-state index contributed by atoms with van der Waals surface area (Å²) in [6.07, 6.45) is 0. The lowest BCUT2D eigenvalue weighted by molar-refractivity contribution is 0.0945. The molecule has 5 aromatic carbocycles. The highest BCUT2D eigenvalue weighted by Gasteiger charge is 2.27. The van der Waals surface area contributed by atoms with Crippen molar-refractivity contribution in [2.75, 3.05) is 5.32 Å². The van der Waals surface area contributed by atoms with E-state index >= 15 is 0 Å². The van der Waals surface area contributed by atoms with Crippen LogP contribution in [0.1, 0.15) is 20.3 Å². The van der Waals surface area contributed by atoms with Crippen LogP contribution in [-0.2, 0) is 0 Å². The van der Waals surface area contributed by atoms with E-state index in [0.717, 1.165) is 22.5 Å². The number of hydrogen-bond acceptors (Lipinski definition) is 6. The largest absolute Gasteiger partial charge is 0.320 e. The zero-order valence-corrected chi connectivity index (χ0v) is 26.8. The van der Waals surface area contributed by atoms with Crippen molar-refractivity contribution in [1.29, 1.82) is 0 Å².